The van der Waals surface area contributed by atoms with E-state index in [1.807, 2.05) is 11.3 Å². The maximum absolute atomic E-state index is 2.39. The molecular formula is C43H31NS. The van der Waals surface area contributed by atoms with Crippen molar-refractivity contribution in [3.8, 4) is 22.3 Å². The lowest BCUT2D eigenvalue weighted by Crippen LogP contribution is -2.15. The Morgan fingerprint density at radius 2 is 1.13 bits per heavy atom. The van der Waals surface area contributed by atoms with Gasteiger partial charge in [0.2, 0.25) is 0 Å². The number of benzene rings is 7. The Bertz CT molecular complexity index is 2400. The molecule has 1 nitrogen and oxygen atoms in total. The van der Waals surface area contributed by atoms with Crippen molar-refractivity contribution in [3.05, 3.63) is 163 Å². The smallest absolute Gasteiger partial charge is 0.0476 e. The van der Waals surface area contributed by atoms with Gasteiger partial charge in [0.1, 0.15) is 0 Å². The topological polar surface area (TPSA) is 3.24 Å². The molecule has 0 amide bonds. The van der Waals surface area contributed by atoms with Gasteiger partial charge in [0, 0.05) is 42.6 Å². The number of para-hydroxylation sites is 1. The lowest BCUT2D eigenvalue weighted by Gasteiger charge is -2.26. The van der Waals surface area contributed by atoms with Gasteiger partial charge in [-0.15, -0.1) is 11.3 Å². The molecule has 7 aromatic carbocycles. The molecule has 0 unspecified atom stereocenters. The Balaban J connectivity index is 1.21. The zero-order chi connectivity index (χ0) is 30.1. The fourth-order valence-corrected chi connectivity index (χ4v) is 8.69. The number of nitrogens with zero attached hydrogens (tertiary/aromatic N) is 1. The molecule has 214 valence electrons. The van der Waals surface area contributed by atoms with E-state index in [4.69, 9.17) is 0 Å². The van der Waals surface area contributed by atoms with Crippen molar-refractivity contribution in [1.82, 2.24) is 0 Å². The molecule has 9 rings (SSSR count). The van der Waals surface area contributed by atoms with E-state index in [9.17, 15) is 0 Å². The van der Waals surface area contributed by atoms with Gasteiger partial charge < -0.3 is 4.90 Å². The highest BCUT2D eigenvalue weighted by Crippen LogP contribution is 2.55. The molecule has 1 aromatic heterocycles. The van der Waals surface area contributed by atoms with Crippen LogP contribution in [0.5, 0.6) is 0 Å². The first-order valence-electron chi connectivity index (χ1n) is 15.6. The van der Waals surface area contributed by atoms with E-state index in [1.54, 1.807) is 0 Å². The Morgan fingerprint density at radius 1 is 0.489 bits per heavy atom. The van der Waals surface area contributed by atoms with Crippen LogP contribution in [0.4, 0.5) is 17.1 Å². The molecule has 0 bridgehead atoms. The minimum absolute atomic E-state index is 0.0726. The SMILES string of the molecule is CC1(C)c2ccccc2-c2c(-c3ccc(N(c4ccccc4)c4ccc5c(c4)sc4ccccc45)cc3)cc3ccccc3c21. The summed E-state index contributed by atoms with van der Waals surface area (Å²) in [5.41, 5.74) is 11.5. The van der Waals surface area contributed by atoms with Crippen molar-refractivity contribution in [2.45, 2.75) is 19.3 Å². The second-order valence-electron chi connectivity index (χ2n) is 12.6. The van der Waals surface area contributed by atoms with E-state index in [2.05, 4.69) is 170 Å². The van der Waals surface area contributed by atoms with Gasteiger partial charge in [-0.2, -0.15) is 0 Å². The molecule has 0 atom stereocenters. The quantitative estimate of drug-likeness (QED) is 0.196. The molecule has 0 N–H and O–H groups in total. The highest BCUT2D eigenvalue weighted by Gasteiger charge is 2.38. The Hall–Kier alpha value is -5.18. The lowest BCUT2D eigenvalue weighted by atomic mass is 9.79. The summed E-state index contributed by atoms with van der Waals surface area (Å²) in [5, 5.41) is 5.28. The molecule has 1 aliphatic carbocycles. The summed E-state index contributed by atoms with van der Waals surface area (Å²) in [6, 6.07) is 55.7. The first kappa shape index (κ1) is 26.2. The van der Waals surface area contributed by atoms with Crippen molar-refractivity contribution in [1.29, 1.82) is 0 Å². The molecule has 0 radical (unpaired) electrons. The summed E-state index contributed by atoms with van der Waals surface area (Å²) in [6.45, 7) is 4.75. The van der Waals surface area contributed by atoms with Crippen LogP contribution in [0, 0.1) is 0 Å². The molecule has 45 heavy (non-hydrogen) atoms. The number of hydrogen-bond acceptors (Lipinski definition) is 2. The van der Waals surface area contributed by atoms with Crippen molar-refractivity contribution in [2.24, 2.45) is 0 Å². The van der Waals surface area contributed by atoms with Crippen LogP contribution >= 0.6 is 11.3 Å². The van der Waals surface area contributed by atoms with Crippen molar-refractivity contribution >= 4 is 59.3 Å². The second kappa shape index (κ2) is 9.92. The Kier molecular flexibility index (Phi) is 5.78. The number of anilines is 3. The summed E-state index contributed by atoms with van der Waals surface area (Å²) in [7, 11) is 0. The maximum atomic E-state index is 2.39. The molecule has 1 heterocycles. The average molecular weight is 594 g/mol. The minimum atomic E-state index is -0.0726. The van der Waals surface area contributed by atoms with Crippen molar-refractivity contribution in [2.75, 3.05) is 4.90 Å². The first-order valence-corrected chi connectivity index (χ1v) is 16.4. The van der Waals surface area contributed by atoms with E-state index in [0.29, 0.717) is 0 Å². The fourth-order valence-electron chi connectivity index (χ4n) is 7.55. The van der Waals surface area contributed by atoms with E-state index in [1.165, 1.54) is 64.3 Å². The van der Waals surface area contributed by atoms with Gasteiger partial charge in [-0.05, 0) is 92.7 Å². The van der Waals surface area contributed by atoms with Crippen LogP contribution in [-0.2, 0) is 5.41 Å². The summed E-state index contributed by atoms with van der Waals surface area (Å²) >= 11 is 1.86. The van der Waals surface area contributed by atoms with Crippen LogP contribution in [0.15, 0.2) is 152 Å². The van der Waals surface area contributed by atoms with E-state index < -0.39 is 0 Å². The number of hydrogen-bond donors (Lipinski definition) is 0. The second-order valence-corrected chi connectivity index (χ2v) is 13.6. The van der Waals surface area contributed by atoms with Gasteiger partial charge in [0.25, 0.3) is 0 Å². The van der Waals surface area contributed by atoms with Gasteiger partial charge in [-0.3, -0.25) is 0 Å². The zero-order valence-electron chi connectivity index (χ0n) is 25.3. The van der Waals surface area contributed by atoms with Gasteiger partial charge in [-0.1, -0.05) is 117 Å². The predicted molar refractivity (Wildman–Crippen MR) is 195 cm³/mol. The van der Waals surface area contributed by atoms with Crippen molar-refractivity contribution < 1.29 is 0 Å². The zero-order valence-corrected chi connectivity index (χ0v) is 26.1. The average Bonchev–Trinajstić information content (AvgIpc) is 3.57. The monoisotopic (exact) mass is 593 g/mol. The van der Waals surface area contributed by atoms with Crippen LogP contribution in [0.2, 0.25) is 0 Å². The van der Waals surface area contributed by atoms with Crippen LogP contribution in [0.25, 0.3) is 53.2 Å². The van der Waals surface area contributed by atoms with Gasteiger partial charge in [-0.25, -0.2) is 0 Å². The molecule has 8 aromatic rings. The third-order valence-electron chi connectivity index (χ3n) is 9.62. The minimum Gasteiger partial charge on any atom is -0.310 e. The van der Waals surface area contributed by atoms with Gasteiger partial charge in [0.05, 0.1) is 0 Å². The molecule has 0 spiro atoms. The van der Waals surface area contributed by atoms with Crippen LogP contribution in [0.3, 0.4) is 0 Å². The number of rotatable bonds is 4. The Morgan fingerprint density at radius 3 is 1.98 bits per heavy atom. The molecule has 0 aliphatic heterocycles. The predicted octanol–water partition coefficient (Wildman–Crippen LogP) is 12.7. The van der Waals surface area contributed by atoms with Crippen molar-refractivity contribution in [3.63, 3.8) is 0 Å². The molecule has 0 fully saturated rings. The number of thiophene rings is 1. The molecule has 2 heteroatoms. The summed E-state index contributed by atoms with van der Waals surface area (Å²) in [6.07, 6.45) is 0. The summed E-state index contributed by atoms with van der Waals surface area (Å²) in [5.74, 6) is 0. The third kappa shape index (κ3) is 3.99. The standard InChI is InChI=1S/C43H31NS/c1-43(2)38-18-10-8-17-36(38)41-37(26-29-12-6-7-15-33(29)42(41)43)28-20-22-31(23-21-28)44(30-13-4-3-5-14-30)32-24-25-35-34-16-9-11-19-39(34)45-40(35)27-32/h3-27H,1-2H3. The van der Waals surface area contributed by atoms with E-state index >= 15 is 0 Å². The largest absolute Gasteiger partial charge is 0.310 e. The van der Waals surface area contributed by atoms with Gasteiger partial charge in [0.15, 0.2) is 0 Å². The molecule has 1 aliphatic rings. The normalized spacial score (nSPS) is 13.3. The highest BCUT2D eigenvalue weighted by atomic mass is 32.1. The molecular weight excluding hydrogens is 563 g/mol. The molecule has 0 saturated heterocycles. The Labute approximate surface area is 267 Å². The third-order valence-corrected chi connectivity index (χ3v) is 10.7. The van der Waals surface area contributed by atoms with E-state index in [-0.39, 0.29) is 5.41 Å². The van der Waals surface area contributed by atoms with E-state index in [0.717, 1.165) is 17.1 Å². The summed E-state index contributed by atoms with van der Waals surface area (Å²) in [4.78, 5) is 2.37. The fraction of sp³-hybridized carbons (Fsp3) is 0.0698. The van der Waals surface area contributed by atoms with Crippen LogP contribution < -0.4 is 4.90 Å². The summed E-state index contributed by atoms with van der Waals surface area (Å²) < 4.78 is 2.63. The highest BCUT2D eigenvalue weighted by molar-refractivity contribution is 7.25. The van der Waals surface area contributed by atoms with Crippen LogP contribution in [-0.4, -0.2) is 0 Å². The molecule has 0 saturated carbocycles. The van der Waals surface area contributed by atoms with Crippen LogP contribution in [0.1, 0.15) is 25.0 Å². The number of fused-ring (bicyclic) bond motifs is 8. The lowest BCUT2D eigenvalue weighted by molar-refractivity contribution is 0.666. The maximum Gasteiger partial charge on any atom is 0.0476 e. The first-order chi connectivity index (χ1) is 22.1. The van der Waals surface area contributed by atoms with Gasteiger partial charge >= 0.3 is 0 Å².